The number of benzene rings is 1. The van der Waals surface area contributed by atoms with Gasteiger partial charge in [-0.05, 0) is 50.3 Å². The van der Waals surface area contributed by atoms with Gasteiger partial charge in [-0.25, -0.2) is 4.98 Å². The average Bonchev–Trinajstić information content (AvgIpc) is 3.04. The predicted octanol–water partition coefficient (Wildman–Crippen LogP) is 2.84. The van der Waals surface area contributed by atoms with Crippen molar-refractivity contribution in [3.05, 3.63) is 35.2 Å². The second-order valence-electron chi connectivity index (χ2n) is 6.08. The Morgan fingerprint density at radius 3 is 2.52 bits per heavy atom. The highest BCUT2D eigenvalue weighted by atomic mass is 32.1. The van der Waals surface area contributed by atoms with Gasteiger partial charge in [0.1, 0.15) is 0 Å². The Kier molecular flexibility index (Phi) is 4.93. The first-order chi connectivity index (χ1) is 11.2. The van der Waals surface area contributed by atoms with Crippen LogP contribution in [0.1, 0.15) is 36.0 Å². The molecule has 5 nitrogen and oxygen atoms in total. The molecule has 0 saturated heterocycles. The third-order valence-electron chi connectivity index (χ3n) is 4.48. The Balaban J connectivity index is 1.63. The molecule has 122 valence electrons. The van der Waals surface area contributed by atoms with Gasteiger partial charge in [-0.2, -0.15) is 0 Å². The minimum Gasteiger partial charge on any atom is -0.366 e. The van der Waals surface area contributed by atoms with Crippen LogP contribution in [0.3, 0.4) is 0 Å². The van der Waals surface area contributed by atoms with Gasteiger partial charge < -0.3 is 16.8 Å². The molecule has 1 aromatic heterocycles. The highest BCUT2D eigenvalue weighted by Crippen LogP contribution is 2.29. The summed E-state index contributed by atoms with van der Waals surface area (Å²) in [6.45, 7) is 0.801. The number of rotatable bonds is 5. The summed E-state index contributed by atoms with van der Waals surface area (Å²) in [5, 5.41) is 6.53. The van der Waals surface area contributed by atoms with Gasteiger partial charge >= 0.3 is 0 Å². The summed E-state index contributed by atoms with van der Waals surface area (Å²) < 4.78 is 0. The maximum Gasteiger partial charge on any atom is 0.248 e. The van der Waals surface area contributed by atoms with E-state index < -0.39 is 5.91 Å². The van der Waals surface area contributed by atoms with Gasteiger partial charge in [-0.15, -0.1) is 11.3 Å². The summed E-state index contributed by atoms with van der Waals surface area (Å²) >= 11 is 1.62. The molecule has 6 heteroatoms. The van der Waals surface area contributed by atoms with Crippen molar-refractivity contribution >= 4 is 22.4 Å². The van der Waals surface area contributed by atoms with Crippen LogP contribution in [0.2, 0.25) is 0 Å². The molecule has 1 amide bonds. The van der Waals surface area contributed by atoms with Crippen LogP contribution in [-0.2, 0) is 0 Å². The fourth-order valence-electron chi connectivity index (χ4n) is 2.99. The van der Waals surface area contributed by atoms with E-state index in [9.17, 15) is 4.79 Å². The Morgan fingerprint density at radius 2 is 1.91 bits per heavy atom. The Labute approximate surface area is 140 Å². The highest BCUT2D eigenvalue weighted by Gasteiger charge is 2.20. The number of carbonyl (C=O) groups excluding carboxylic acids is 1. The normalized spacial score (nSPS) is 21.1. The zero-order valence-electron chi connectivity index (χ0n) is 13.0. The molecular weight excluding hydrogens is 308 g/mol. The number of nitrogens with one attached hydrogen (secondary N) is 1. The van der Waals surface area contributed by atoms with Crippen molar-refractivity contribution in [3.8, 4) is 11.3 Å². The Bertz CT molecular complexity index is 659. The van der Waals surface area contributed by atoms with Crippen molar-refractivity contribution in [1.82, 2.24) is 4.98 Å². The number of nitrogens with zero attached hydrogens (tertiary/aromatic N) is 1. The zero-order chi connectivity index (χ0) is 16.2. The molecule has 1 aliphatic carbocycles. The summed E-state index contributed by atoms with van der Waals surface area (Å²) in [6, 6.07) is 7.72. The van der Waals surface area contributed by atoms with E-state index in [4.69, 9.17) is 11.5 Å². The van der Waals surface area contributed by atoms with Crippen molar-refractivity contribution in [3.63, 3.8) is 0 Å². The topological polar surface area (TPSA) is 94.0 Å². The van der Waals surface area contributed by atoms with Gasteiger partial charge in [-0.3, -0.25) is 4.79 Å². The lowest BCUT2D eigenvalue weighted by atomic mass is 9.86. The van der Waals surface area contributed by atoms with E-state index in [1.165, 1.54) is 12.8 Å². The molecule has 1 heterocycles. The molecular formula is C17H22N4OS. The van der Waals surface area contributed by atoms with Crippen LogP contribution in [0.25, 0.3) is 11.3 Å². The third-order valence-corrected chi connectivity index (χ3v) is 5.25. The summed E-state index contributed by atoms with van der Waals surface area (Å²) in [4.78, 5) is 15.8. The molecule has 1 saturated carbocycles. The van der Waals surface area contributed by atoms with E-state index in [-0.39, 0.29) is 0 Å². The van der Waals surface area contributed by atoms with E-state index in [2.05, 4.69) is 10.3 Å². The van der Waals surface area contributed by atoms with Crippen LogP contribution in [0.5, 0.6) is 0 Å². The van der Waals surface area contributed by atoms with Crippen molar-refractivity contribution in [2.45, 2.75) is 31.7 Å². The summed E-state index contributed by atoms with van der Waals surface area (Å²) in [5.41, 5.74) is 13.4. The zero-order valence-corrected chi connectivity index (χ0v) is 13.8. The van der Waals surface area contributed by atoms with Crippen molar-refractivity contribution in [1.29, 1.82) is 0 Å². The molecule has 0 aliphatic heterocycles. The van der Waals surface area contributed by atoms with Crippen LogP contribution < -0.4 is 16.8 Å². The number of anilines is 1. The monoisotopic (exact) mass is 330 g/mol. The smallest absolute Gasteiger partial charge is 0.248 e. The number of hydrogen-bond acceptors (Lipinski definition) is 5. The number of carbonyl (C=O) groups is 1. The van der Waals surface area contributed by atoms with Gasteiger partial charge in [0.05, 0.1) is 5.69 Å². The number of primary amides is 1. The SMILES string of the molecule is NCC1CCC(Nc2nc(-c3ccc(C(N)=O)cc3)cs2)CC1. The first kappa shape index (κ1) is 16.0. The summed E-state index contributed by atoms with van der Waals surface area (Å²) in [7, 11) is 0. The number of nitrogens with two attached hydrogens (primary N) is 2. The van der Waals surface area contributed by atoms with Crippen LogP contribution in [0.4, 0.5) is 5.13 Å². The number of amides is 1. The summed E-state index contributed by atoms with van der Waals surface area (Å²) in [5.74, 6) is 0.272. The molecule has 23 heavy (non-hydrogen) atoms. The third kappa shape index (κ3) is 3.89. The molecule has 2 aromatic rings. The lowest BCUT2D eigenvalue weighted by molar-refractivity contribution is 0.100. The van der Waals surface area contributed by atoms with Gasteiger partial charge in [0.15, 0.2) is 5.13 Å². The van der Waals surface area contributed by atoms with Crippen molar-refractivity contribution in [2.75, 3.05) is 11.9 Å². The molecule has 0 spiro atoms. The lowest BCUT2D eigenvalue weighted by Gasteiger charge is -2.28. The minimum absolute atomic E-state index is 0.412. The van der Waals surface area contributed by atoms with Gasteiger partial charge in [0, 0.05) is 22.5 Å². The lowest BCUT2D eigenvalue weighted by Crippen LogP contribution is -2.29. The molecule has 0 unspecified atom stereocenters. The molecule has 0 atom stereocenters. The van der Waals surface area contributed by atoms with E-state index >= 15 is 0 Å². The Hall–Kier alpha value is -1.92. The first-order valence-electron chi connectivity index (χ1n) is 7.98. The molecule has 1 aliphatic rings. The second-order valence-corrected chi connectivity index (χ2v) is 6.94. The molecule has 1 fully saturated rings. The van der Waals surface area contributed by atoms with Gasteiger partial charge in [0.2, 0.25) is 5.91 Å². The Morgan fingerprint density at radius 1 is 1.22 bits per heavy atom. The standard InChI is InChI=1S/C17H22N4OS/c18-9-11-1-7-14(8-2-11)20-17-21-15(10-23-17)12-3-5-13(6-4-12)16(19)22/h3-6,10-11,14H,1-2,7-9,18H2,(H2,19,22)(H,20,21). The van der Waals surface area contributed by atoms with Crippen LogP contribution in [0, 0.1) is 5.92 Å². The van der Waals surface area contributed by atoms with Crippen LogP contribution in [0.15, 0.2) is 29.6 Å². The maximum absolute atomic E-state index is 11.1. The number of aromatic nitrogens is 1. The van der Waals surface area contributed by atoms with Crippen molar-refractivity contribution in [2.24, 2.45) is 17.4 Å². The molecule has 0 radical (unpaired) electrons. The van der Waals surface area contributed by atoms with Crippen LogP contribution >= 0.6 is 11.3 Å². The first-order valence-corrected chi connectivity index (χ1v) is 8.86. The van der Waals surface area contributed by atoms with Gasteiger partial charge in [-0.1, -0.05) is 12.1 Å². The van der Waals surface area contributed by atoms with Gasteiger partial charge in [0.25, 0.3) is 0 Å². The summed E-state index contributed by atoms with van der Waals surface area (Å²) in [6.07, 6.45) is 4.70. The fraction of sp³-hybridized carbons (Fsp3) is 0.412. The number of hydrogen-bond donors (Lipinski definition) is 3. The minimum atomic E-state index is -0.412. The van der Waals surface area contributed by atoms with E-state index in [1.807, 2.05) is 17.5 Å². The maximum atomic E-state index is 11.1. The highest BCUT2D eigenvalue weighted by molar-refractivity contribution is 7.14. The fourth-order valence-corrected chi connectivity index (χ4v) is 3.79. The average molecular weight is 330 g/mol. The van der Waals surface area contributed by atoms with Crippen molar-refractivity contribution < 1.29 is 4.79 Å². The van der Waals surface area contributed by atoms with E-state index in [0.717, 1.165) is 35.8 Å². The molecule has 0 bridgehead atoms. The van der Waals surface area contributed by atoms with Crippen LogP contribution in [-0.4, -0.2) is 23.5 Å². The second kappa shape index (κ2) is 7.10. The van der Waals surface area contributed by atoms with E-state index in [1.54, 1.807) is 23.5 Å². The molecule has 5 N–H and O–H groups in total. The molecule has 3 rings (SSSR count). The van der Waals surface area contributed by atoms with E-state index in [0.29, 0.717) is 17.5 Å². The molecule has 1 aromatic carbocycles. The largest absolute Gasteiger partial charge is 0.366 e. The quantitative estimate of drug-likeness (QED) is 0.785. The predicted molar refractivity (Wildman–Crippen MR) is 94.5 cm³/mol. The number of thiazole rings is 1.